The van der Waals surface area contributed by atoms with Crippen molar-refractivity contribution >= 4 is 33.0 Å². The maximum atomic E-state index is 13.4. The monoisotopic (exact) mass is 392 g/mol. The molecule has 0 aliphatic heterocycles. The van der Waals surface area contributed by atoms with E-state index in [4.69, 9.17) is 5.11 Å². The van der Waals surface area contributed by atoms with Gasteiger partial charge in [-0.25, -0.2) is 22.6 Å². The number of aromatic nitrogens is 1. The Kier molecular flexibility index (Phi) is 4.75. The van der Waals surface area contributed by atoms with Crippen molar-refractivity contribution in [2.75, 3.05) is 4.72 Å². The lowest BCUT2D eigenvalue weighted by Crippen LogP contribution is -2.14. The van der Waals surface area contributed by atoms with Crippen LogP contribution in [0.5, 0.6) is 0 Å². The smallest absolute Gasteiger partial charge is 0.338 e. The lowest BCUT2D eigenvalue weighted by molar-refractivity contribution is 0.0691. The summed E-state index contributed by atoms with van der Waals surface area (Å²) in [6, 6.07) is 9.19. The number of carbonyl (C=O) groups is 1. The van der Waals surface area contributed by atoms with Crippen LogP contribution in [0.3, 0.4) is 0 Å². The lowest BCUT2D eigenvalue weighted by atomic mass is 10.1. The van der Waals surface area contributed by atoms with Crippen LogP contribution in [0, 0.1) is 12.7 Å². The number of hydrogen-bond donors (Lipinski definition) is 2. The molecule has 9 heteroatoms. The van der Waals surface area contributed by atoms with E-state index < -0.39 is 27.4 Å². The Morgan fingerprint density at radius 3 is 2.46 bits per heavy atom. The van der Waals surface area contributed by atoms with E-state index in [-0.39, 0.29) is 4.90 Å². The van der Waals surface area contributed by atoms with Gasteiger partial charge < -0.3 is 5.11 Å². The fraction of sp³-hybridized carbons (Fsp3) is 0.0588. The standard InChI is InChI=1S/C17H13FN2O4S2/c1-10-19-16(9-25-10)11-2-4-12(5-3-11)20-26(23,24)13-6-7-15(18)14(8-13)17(21)22/h2-9,20H,1H3,(H,21,22). The Balaban J connectivity index is 1.86. The van der Waals surface area contributed by atoms with Crippen LogP contribution in [0.15, 0.2) is 52.7 Å². The number of carboxylic acids is 1. The quantitative estimate of drug-likeness (QED) is 0.689. The Morgan fingerprint density at radius 2 is 1.88 bits per heavy atom. The first kappa shape index (κ1) is 18.0. The summed E-state index contributed by atoms with van der Waals surface area (Å²) < 4.78 is 40.6. The third kappa shape index (κ3) is 3.73. The number of halogens is 1. The van der Waals surface area contributed by atoms with Gasteiger partial charge in [0.15, 0.2) is 0 Å². The summed E-state index contributed by atoms with van der Waals surface area (Å²) in [5, 5.41) is 11.8. The largest absolute Gasteiger partial charge is 0.478 e. The molecule has 2 aromatic carbocycles. The fourth-order valence-corrected chi connectivity index (χ4v) is 3.96. The van der Waals surface area contributed by atoms with E-state index in [1.54, 1.807) is 24.3 Å². The Morgan fingerprint density at radius 1 is 1.19 bits per heavy atom. The highest BCUT2D eigenvalue weighted by Crippen LogP contribution is 2.24. The number of nitrogens with one attached hydrogen (secondary N) is 1. The van der Waals surface area contributed by atoms with Crippen molar-refractivity contribution in [2.45, 2.75) is 11.8 Å². The Bertz CT molecular complexity index is 1080. The molecule has 0 radical (unpaired) electrons. The highest BCUT2D eigenvalue weighted by atomic mass is 32.2. The number of nitrogens with zero attached hydrogens (tertiary/aromatic N) is 1. The van der Waals surface area contributed by atoms with E-state index in [0.29, 0.717) is 5.69 Å². The van der Waals surface area contributed by atoms with Crippen molar-refractivity contribution in [1.29, 1.82) is 0 Å². The summed E-state index contributed by atoms with van der Waals surface area (Å²) in [7, 11) is -4.05. The van der Waals surface area contributed by atoms with E-state index >= 15 is 0 Å². The van der Waals surface area contributed by atoms with Crippen LogP contribution in [-0.4, -0.2) is 24.5 Å². The summed E-state index contributed by atoms with van der Waals surface area (Å²) in [5.74, 6) is -2.54. The van der Waals surface area contributed by atoms with Crippen LogP contribution < -0.4 is 4.72 Å². The second-order valence-electron chi connectivity index (χ2n) is 5.38. The number of benzene rings is 2. The van der Waals surface area contributed by atoms with Gasteiger partial charge in [-0.15, -0.1) is 11.3 Å². The first-order valence-electron chi connectivity index (χ1n) is 7.34. The number of hydrogen-bond acceptors (Lipinski definition) is 5. The predicted molar refractivity (Wildman–Crippen MR) is 96.5 cm³/mol. The number of anilines is 1. The SMILES string of the molecule is Cc1nc(-c2ccc(NS(=O)(=O)c3ccc(F)c(C(=O)O)c3)cc2)cs1. The van der Waals surface area contributed by atoms with Gasteiger partial charge in [0, 0.05) is 16.6 Å². The molecule has 3 rings (SSSR count). The molecule has 3 aromatic rings. The first-order valence-corrected chi connectivity index (χ1v) is 9.71. The maximum absolute atomic E-state index is 13.4. The average Bonchev–Trinajstić information content (AvgIpc) is 3.01. The molecule has 0 bridgehead atoms. The molecular formula is C17H13FN2O4S2. The zero-order valence-corrected chi connectivity index (χ0v) is 15.1. The van der Waals surface area contributed by atoms with E-state index in [1.807, 2.05) is 12.3 Å². The van der Waals surface area contributed by atoms with Crippen molar-refractivity contribution in [3.8, 4) is 11.3 Å². The number of sulfonamides is 1. The van der Waals surface area contributed by atoms with Crippen molar-refractivity contribution < 1.29 is 22.7 Å². The Hall–Kier alpha value is -2.78. The van der Waals surface area contributed by atoms with Crippen LogP contribution in [0.25, 0.3) is 11.3 Å². The summed E-state index contributed by atoms with van der Waals surface area (Å²) in [6.07, 6.45) is 0. The third-order valence-electron chi connectivity index (χ3n) is 3.53. The molecule has 0 fully saturated rings. The Labute approximate surface area is 153 Å². The first-order chi connectivity index (χ1) is 12.3. The second kappa shape index (κ2) is 6.85. The van der Waals surface area contributed by atoms with E-state index in [0.717, 1.165) is 34.5 Å². The van der Waals surface area contributed by atoms with Crippen molar-refractivity contribution in [3.63, 3.8) is 0 Å². The summed E-state index contributed by atoms with van der Waals surface area (Å²) in [5.41, 5.74) is 1.22. The van der Waals surface area contributed by atoms with Gasteiger partial charge in [-0.05, 0) is 37.3 Å². The van der Waals surface area contributed by atoms with Gasteiger partial charge in [-0.1, -0.05) is 12.1 Å². The number of thiazole rings is 1. The maximum Gasteiger partial charge on any atom is 0.338 e. The van der Waals surface area contributed by atoms with E-state index in [9.17, 15) is 17.6 Å². The molecule has 0 amide bonds. The van der Waals surface area contributed by atoms with Crippen LogP contribution in [-0.2, 0) is 10.0 Å². The van der Waals surface area contributed by atoms with Crippen LogP contribution >= 0.6 is 11.3 Å². The molecule has 0 aliphatic carbocycles. The molecule has 0 aliphatic rings. The lowest BCUT2D eigenvalue weighted by Gasteiger charge is -2.09. The number of aromatic carboxylic acids is 1. The van der Waals surface area contributed by atoms with Gasteiger partial charge in [0.25, 0.3) is 10.0 Å². The van der Waals surface area contributed by atoms with Gasteiger partial charge >= 0.3 is 5.97 Å². The minimum Gasteiger partial charge on any atom is -0.478 e. The van der Waals surface area contributed by atoms with Gasteiger partial charge in [-0.2, -0.15) is 0 Å². The van der Waals surface area contributed by atoms with Gasteiger partial charge in [0.1, 0.15) is 5.82 Å². The molecule has 1 aromatic heterocycles. The van der Waals surface area contributed by atoms with Gasteiger partial charge in [-0.3, -0.25) is 4.72 Å². The highest BCUT2D eigenvalue weighted by molar-refractivity contribution is 7.92. The van der Waals surface area contributed by atoms with E-state index in [1.165, 1.54) is 11.3 Å². The second-order valence-corrected chi connectivity index (χ2v) is 8.13. The fourth-order valence-electron chi connectivity index (χ4n) is 2.25. The molecule has 0 spiro atoms. The number of rotatable bonds is 5. The molecule has 134 valence electrons. The van der Waals surface area contributed by atoms with E-state index in [2.05, 4.69) is 9.71 Å². The summed E-state index contributed by atoms with van der Waals surface area (Å²) in [4.78, 5) is 15.0. The minimum absolute atomic E-state index is 0.293. The molecule has 6 nitrogen and oxygen atoms in total. The molecule has 0 saturated heterocycles. The van der Waals surface area contributed by atoms with Crippen LogP contribution in [0.1, 0.15) is 15.4 Å². The number of aryl methyl sites for hydroxylation is 1. The summed E-state index contributed by atoms with van der Waals surface area (Å²) in [6.45, 7) is 1.89. The average molecular weight is 392 g/mol. The molecule has 1 heterocycles. The van der Waals surface area contributed by atoms with Gasteiger partial charge in [0.05, 0.1) is 21.2 Å². The third-order valence-corrected chi connectivity index (χ3v) is 5.68. The molecule has 2 N–H and O–H groups in total. The van der Waals surface area contributed by atoms with Gasteiger partial charge in [0.2, 0.25) is 0 Å². The predicted octanol–water partition coefficient (Wildman–Crippen LogP) is 3.76. The molecule has 0 saturated carbocycles. The van der Waals surface area contributed by atoms with Crippen LogP contribution in [0.4, 0.5) is 10.1 Å². The topological polar surface area (TPSA) is 96.4 Å². The zero-order chi connectivity index (χ0) is 18.9. The molecule has 0 unspecified atom stereocenters. The van der Waals surface area contributed by atoms with Crippen molar-refractivity contribution in [2.24, 2.45) is 0 Å². The normalized spacial score (nSPS) is 11.3. The molecular weight excluding hydrogens is 379 g/mol. The molecule has 0 atom stereocenters. The van der Waals surface area contributed by atoms with Crippen molar-refractivity contribution in [3.05, 3.63) is 64.2 Å². The number of carboxylic acid groups (broad SMARTS) is 1. The van der Waals surface area contributed by atoms with Crippen LogP contribution in [0.2, 0.25) is 0 Å². The minimum atomic E-state index is -4.05. The summed E-state index contributed by atoms with van der Waals surface area (Å²) >= 11 is 1.51. The highest BCUT2D eigenvalue weighted by Gasteiger charge is 2.19. The molecule has 26 heavy (non-hydrogen) atoms. The van der Waals surface area contributed by atoms with Crippen molar-refractivity contribution in [1.82, 2.24) is 4.98 Å². The zero-order valence-electron chi connectivity index (χ0n) is 13.4.